The molecule has 2 aromatic carbocycles. The molecule has 1 heterocycles. The molecule has 2 heteroatoms. The molecule has 0 bridgehead atoms. The molecule has 1 atom stereocenters. The zero-order valence-corrected chi connectivity index (χ0v) is 14.2. The fourth-order valence-corrected chi connectivity index (χ4v) is 3.38. The maximum atomic E-state index is 4.80. The van der Waals surface area contributed by atoms with Gasteiger partial charge in [-0.05, 0) is 30.0 Å². The number of benzene rings is 2. The second-order valence-corrected chi connectivity index (χ2v) is 6.25. The van der Waals surface area contributed by atoms with Crippen molar-refractivity contribution in [2.75, 3.05) is 0 Å². The van der Waals surface area contributed by atoms with Crippen LogP contribution in [0.15, 0.2) is 48.5 Å². The summed E-state index contributed by atoms with van der Waals surface area (Å²) >= 11 is 0. The monoisotopic (exact) mass is 306 g/mol. The fourth-order valence-electron chi connectivity index (χ4n) is 3.38. The van der Waals surface area contributed by atoms with E-state index >= 15 is 0 Å². The number of hydrogen-bond donors (Lipinski definition) is 1. The summed E-state index contributed by atoms with van der Waals surface area (Å²) in [5.41, 5.74) is 5.06. The topological polar surface area (TPSA) is 28.7 Å². The number of nitrogens with zero attached hydrogens (tertiary/aromatic N) is 1. The summed E-state index contributed by atoms with van der Waals surface area (Å²) in [7, 11) is 0. The van der Waals surface area contributed by atoms with Gasteiger partial charge in [0.25, 0.3) is 0 Å². The van der Waals surface area contributed by atoms with Gasteiger partial charge in [0.1, 0.15) is 5.82 Å². The van der Waals surface area contributed by atoms with Crippen molar-refractivity contribution >= 4 is 11.0 Å². The highest BCUT2D eigenvalue weighted by atomic mass is 14.9. The number of H-pyrrole nitrogens is 1. The van der Waals surface area contributed by atoms with E-state index in [1.165, 1.54) is 35.9 Å². The Morgan fingerprint density at radius 2 is 1.78 bits per heavy atom. The Morgan fingerprint density at radius 3 is 2.52 bits per heavy atom. The molecule has 1 aromatic heterocycles. The number of aromatic nitrogens is 2. The lowest BCUT2D eigenvalue weighted by Crippen LogP contribution is -2.00. The Bertz CT molecular complexity index is 743. The molecule has 1 N–H and O–H groups in total. The van der Waals surface area contributed by atoms with Crippen LogP contribution in [0.3, 0.4) is 0 Å². The summed E-state index contributed by atoms with van der Waals surface area (Å²) in [6, 6.07) is 17.3. The molecule has 23 heavy (non-hydrogen) atoms. The minimum Gasteiger partial charge on any atom is -0.342 e. The molecule has 0 radical (unpaired) electrons. The van der Waals surface area contributed by atoms with Crippen LogP contribution in [0.25, 0.3) is 11.0 Å². The SMILES string of the molecule is CCCCCc1nc2cccc(C(CC)c3ccccc3)c2[nH]1. The molecule has 0 aliphatic carbocycles. The van der Waals surface area contributed by atoms with E-state index in [-0.39, 0.29) is 0 Å². The van der Waals surface area contributed by atoms with Gasteiger partial charge >= 0.3 is 0 Å². The van der Waals surface area contributed by atoms with E-state index in [1.807, 2.05) is 0 Å². The standard InChI is InChI=1S/C21H26N2/c1-3-5-7-15-20-22-19-14-10-13-18(21(19)23-20)17(4-2)16-11-8-6-9-12-16/h6,8-14,17H,3-5,7,15H2,1-2H3,(H,22,23). The van der Waals surface area contributed by atoms with Crippen molar-refractivity contribution in [3.05, 3.63) is 65.5 Å². The summed E-state index contributed by atoms with van der Waals surface area (Å²) in [5.74, 6) is 1.55. The molecule has 3 aromatic rings. The summed E-state index contributed by atoms with van der Waals surface area (Å²) < 4.78 is 0. The number of para-hydroxylation sites is 1. The molecule has 0 aliphatic rings. The van der Waals surface area contributed by atoms with Crippen LogP contribution in [0.5, 0.6) is 0 Å². The molecule has 2 nitrogen and oxygen atoms in total. The number of nitrogens with one attached hydrogen (secondary N) is 1. The van der Waals surface area contributed by atoms with Crippen molar-refractivity contribution in [2.45, 2.75) is 51.9 Å². The van der Waals surface area contributed by atoms with E-state index in [4.69, 9.17) is 4.98 Å². The number of imidazole rings is 1. The van der Waals surface area contributed by atoms with Crippen LogP contribution in [0.4, 0.5) is 0 Å². The van der Waals surface area contributed by atoms with Gasteiger partial charge in [-0.3, -0.25) is 0 Å². The van der Waals surface area contributed by atoms with Crippen LogP contribution in [0.2, 0.25) is 0 Å². The van der Waals surface area contributed by atoms with Gasteiger partial charge in [0.05, 0.1) is 11.0 Å². The number of aromatic amines is 1. The minimum absolute atomic E-state index is 0.420. The Kier molecular flexibility index (Phi) is 5.12. The smallest absolute Gasteiger partial charge is 0.107 e. The predicted molar refractivity (Wildman–Crippen MR) is 97.9 cm³/mol. The van der Waals surface area contributed by atoms with Crippen LogP contribution in [0.1, 0.15) is 62.4 Å². The molecule has 1 unspecified atom stereocenters. The molecule has 120 valence electrons. The van der Waals surface area contributed by atoms with Gasteiger partial charge < -0.3 is 4.98 Å². The first-order valence-electron chi connectivity index (χ1n) is 8.86. The molecule has 0 spiro atoms. The van der Waals surface area contributed by atoms with Crippen LogP contribution < -0.4 is 0 Å². The summed E-state index contributed by atoms with van der Waals surface area (Å²) in [6.45, 7) is 4.50. The van der Waals surface area contributed by atoms with Gasteiger partial charge in [0.2, 0.25) is 0 Å². The van der Waals surface area contributed by atoms with E-state index < -0.39 is 0 Å². The normalized spacial score (nSPS) is 12.6. The van der Waals surface area contributed by atoms with Gasteiger partial charge in [0.15, 0.2) is 0 Å². The predicted octanol–water partition coefficient (Wildman–Crippen LogP) is 5.84. The van der Waals surface area contributed by atoms with Crippen LogP contribution >= 0.6 is 0 Å². The molecule has 0 saturated carbocycles. The molecule has 0 amide bonds. The third-order valence-corrected chi connectivity index (χ3v) is 4.60. The Balaban J connectivity index is 1.96. The minimum atomic E-state index is 0.420. The van der Waals surface area contributed by atoms with E-state index in [2.05, 4.69) is 67.4 Å². The van der Waals surface area contributed by atoms with Crippen LogP contribution in [-0.2, 0) is 6.42 Å². The Morgan fingerprint density at radius 1 is 0.957 bits per heavy atom. The van der Waals surface area contributed by atoms with Crippen molar-refractivity contribution in [3.8, 4) is 0 Å². The van der Waals surface area contributed by atoms with E-state index in [0.29, 0.717) is 5.92 Å². The number of hydrogen-bond acceptors (Lipinski definition) is 1. The molecular formula is C21H26N2. The molecule has 0 fully saturated rings. The first kappa shape index (κ1) is 15.8. The molecule has 0 saturated heterocycles. The first-order valence-corrected chi connectivity index (χ1v) is 8.86. The zero-order valence-electron chi connectivity index (χ0n) is 14.2. The maximum Gasteiger partial charge on any atom is 0.107 e. The Hall–Kier alpha value is -2.09. The van der Waals surface area contributed by atoms with Crippen molar-refractivity contribution < 1.29 is 0 Å². The van der Waals surface area contributed by atoms with E-state index in [9.17, 15) is 0 Å². The number of unbranched alkanes of at least 4 members (excludes halogenated alkanes) is 2. The van der Waals surface area contributed by atoms with Crippen molar-refractivity contribution in [1.29, 1.82) is 0 Å². The van der Waals surface area contributed by atoms with Crippen molar-refractivity contribution in [3.63, 3.8) is 0 Å². The Labute approximate surface area is 139 Å². The van der Waals surface area contributed by atoms with Gasteiger partial charge in [-0.2, -0.15) is 0 Å². The van der Waals surface area contributed by atoms with Crippen molar-refractivity contribution in [1.82, 2.24) is 9.97 Å². The lowest BCUT2D eigenvalue weighted by atomic mass is 9.88. The number of rotatable bonds is 7. The summed E-state index contributed by atoms with van der Waals surface area (Å²) in [4.78, 5) is 8.40. The first-order chi connectivity index (χ1) is 11.3. The lowest BCUT2D eigenvalue weighted by Gasteiger charge is -2.16. The van der Waals surface area contributed by atoms with Crippen LogP contribution in [0, 0.1) is 0 Å². The largest absolute Gasteiger partial charge is 0.342 e. The van der Waals surface area contributed by atoms with Gasteiger partial charge in [-0.15, -0.1) is 0 Å². The zero-order chi connectivity index (χ0) is 16.1. The third kappa shape index (κ3) is 3.47. The average Bonchev–Trinajstić information content (AvgIpc) is 3.00. The fraction of sp³-hybridized carbons (Fsp3) is 0.381. The van der Waals surface area contributed by atoms with Gasteiger partial charge in [-0.25, -0.2) is 4.98 Å². The highest BCUT2D eigenvalue weighted by Gasteiger charge is 2.16. The van der Waals surface area contributed by atoms with Crippen LogP contribution in [-0.4, -0.2) is 9.97 Å². The maximum absolute atomic E-state index is 4.80. The van der Waals surface area contributed by atoms with Crippen molar-refractivity contribution in [2.24, 2.45) is 0 Å². The highest BCUT2D eigenvalue weighted by Crippen LogP contribution is 2.32. The summed E-state index contributed by atoms with van der Waals surface area (Å²) in [5, 5.41) is 0. The third-order valence-electron chi connectivity index (χ3n) is 4.60. The number of aryl methyl sites for hydroxylation is 1. The van der Waals surface area contributed by atoms with E-state index in [0.717, 1.165) is 24.2 Å². The molecule has 0 aliphatic heterocycles. The molecule has 3 rings (SSSR count). The second-order valence-electron chi connectivity index (χ2n) is 6.25. The van der Waals surface area contributed by atoms with E-state index in [1.54, 1.807) is 0 Å². The second kappa shape index (κ2) is 7.45. The van der Waals surface area contributed by atoms with Gasteiger partial charge in [-0.1, -0.05) is 69.2 Å². The highest BCUT2D eigenvalue weighted by molar-refractivity contribution is 5.80. The molecular weight excluding hydrogens is 280 g/mol. The lowest BCUT2D eigenvalue weighted by molar-refractivity contribution is 0.700. The quantitative estimate of drug-likeness (QED) is 0.546. The number of fused-ring (bicyclic) bond motifs is 1. The summed E-state index contributed by atoms with van der Waals surface area (Å²) in [6.07, 6.45) is 5.86. The average molecular weight is 306 g/mol. The van der Waals surface area contributed by atoms with Gasteiger partial charge in [0, 0.05) is 12.3 Å².